The zero-order chi connectivity index (χ0) is 23.1. The predicted octanol–water partition coefficient (Wildman–Crippen LogP) is 2.44. The van der Waals surface area contributed by atoms with E-state index in [1.165, 1.54) is 4.57 Å². The zero-order valence-electron chi connectivity index (χ0n) is 18.4. The van der Waals surface area contributed by atoms with Crippen LogP contribution in [0.2, 0.25) is 0 Å². The first kappa shape index (κ1) is 20.6. The molecule has 2 aromatic carbocycles. The number of nitrogens with one attached hydrogen (secondary N) is 2. The Balaban J connectivity index is 1.56. The van der Waals surface area contributed by atoms with Crippen LogP contribution in [0.4, 0.5) is 0 Å². The van der Waals surface area contributed by atoms with Gasteiger partial charge in [-0.25, -0.2) is 14.9 Å². The number of benzene rings is 2. The molecule has 3 heterocycles. The molecule has 10 nitrogen and oxygen atoms in total. The van der Waals surface area contributed by atoms with Gasteiger partial charge in [0, 0.05) is 25.1 Å². The van der Waals surface area contributed by atoms with Crippen LogP contribution in [0.5, 0.6) is 0 Å². The Kier molecular flexibility index (Phi) is 4.97. The lowest BCUT2D eigenvalue weighted by atomic mass is 9.98. The minimum Gasteiger partial charge on any atom is -0.317 e. The van der Waals surface area contributed by atoms with E-state index in [9.17, 15) is 9.59 Å². The van der Waals surface area contributed by atoms with Crippen molar-refractivity contribution in [3.8, 4) is 22.5 Å². The third-order valence-corrected chi connectivity index (χ3v) is 5.69. The number of nitrogens with zero attached hydrogens (tertiary/aromatic N) is 6. The van der Waals surface area contributed by atoms with Gasteiger partial charge in [-0.2, -0.15) is 0 Å². The highest BCUT2D eigenvalue weighted by Crippen LogP contribution is 2.30. The fourth-order valence-corrected chi connectivity index (χ4v) is 4.04. The van der Waals surface area contributed by atoms with E-state index in [0.717, 1.165) is 28.1 Å². The summed E-state index contributed by atoms with van der Waals surface area (Å²) < 4.78 is 3.26. The van der Waals surface area contributed by atoms with Gasteiger partial charge in [-0.1, -0.05) is 62.4 Å². The van der Waals surface area contributed by atoms with E-state index in [1.54, 1.807) is 7.05 Å². The molecule has 0 aliphatic rings. The van der Waals surface area contributed by atoms with E-state index in [0.29, 0.717) is 23.5 Å². The Morgan fingerprint density at radius 1 is 1.00 bits per heavy atom. The fourth-order valence-electron chi connectivity index (χ4n) is 4.04. The molecule has 0 bridgehead atoms. The first-order valence-electron chi connectivity index (χ1n) is 10.6. The summed E-state index contributed by atoms with van der Waals surface area (Å²) in [7, 11) is 1.61. The van der Waals surface area contributed by atoms with Crippen LogP contribution in [0.15, 0.2) is 58.1 Å². The van der Waals surface area contributed by atoms with Gasteiger partial charge in [0.1, 0.15) is 5.82 Å². The summed E-state index contributed by atoms with van der Waals surface area (Å²) in [5.74, 6) is 1.43. The number of aromatic nitrogens is 8. The largest absolute Gasteiger partial charge is 0.329 e. The Bertz CT molecular complexity index is 1560. The smallest absolute Gasteiger partial charge is 0.317 e. The number of aromatic amines is 2. The molecule has 0 saturated heterocycles. The molecule has 2 N–H and O–H groups in total. The van der Waals surface area contributed by atoms with Crippen LogP contribution < -0.4 is 11.2 Å². The molecule has 0 unspecified atom stereocenters. The number of fused-ring (bicyclic) bond motifs is 1. The Labute approximate surface area is 187 Å². The first-order valence-corrected chi connectivity index (χ1v) is 10.6. The first-order chi connectivity index (χ1) is 15.9. The van der Waals surface area contributed by atoms with Crippen molar-refractivity contribution in [2.24, 2.45) is 7.05 Å². The van der Waals surface area contributed by atoms with Gasteiger partial charge >= 0.3 is 5.69 Å². The highest BCUT2D eigenvalue weighted by Gasteiger charge is 2.19. The fraction of sp³-hybridized carbons (Fsp3) is 0.217. The van der Waals surface area contributed by atoms with Gasteiger partial charge in [0.15, 0.2) is 17.0 Å². The topological polar surface area (TPSA) is 127 Å². The molecule has 5 rings (SSSR count). The second-order valence-electron chi connectivity index (χ2n) is 8.19. The Hall–Kier alpha value is -4.34. The zero-order valence-corrected chi connectivity index (χ0v) is 18.4. The van der Waals surface area contributed by atoms with Crippen LogP contribution in [0.25, 0.3) is 33.7 Å². The van der Waals surface area contributed by atoms with E-state index in [4.69, 9.17) is 0 Å². The molecule has 33 heavy (non-hydrogen) atoms. The molecular weight excluding hydrogens is 420 g/mol. The molecule has 0 atom stereocenters. The quantitative estimate of drug-likeness (QED) is 0.430. The summed E-state index contributed by atoms with van der Waals surface area (Å²) in [6, 6.07) is 16.0. The molecule has 0 saturated carbocycles. The molecule has 0 amide bonds. The molecule has 0 aliphatic heterocycles. The lowest BCUT2D eigenvalue weighted by molar-refractivity contribution is 0.682. The molecule has 166 valence electrons. The van der Waals surface area contributed by atoms with Gasteiger partial charge < -0.3 is 4.57 Å². The average Bonchev–Trinajstić information content (AvgIpc) is 3.47. The summed E-state index contributed by atoms with van der Waals surface area (Å²) in [5.41, 5.74) is 3.82. The van der Waals surface area contributed by atoms with E-state index in [2.05, 4.69) is 30.6 Å². The normalized spacial score (nSPS) is 11.5. The third kappa shape index (κ3) is 3.55. The summed E-state index contributed by atoms with van der Waals surface area (Å²) in [4.78, 5) is 31.7. The monoisotopic (exact) mass is 442 g/mol. The van der Waals surface area contributed by atoms with Crippen molar-refractivity contribution in [2.45, 2.75) is 26.3 Å². The number of imidazole rings is 1. The van der Waals surface area contributed by atoms with Crippen LogP contribution in [0, 0.1) is 0 Å². The van der Waals surface area contributed by atoms with Crippen LogP contribution in [0.1, 0.15) is 31.2 Å². The maximum Gasteiger partial charge on any atom is 0.329 e. The molecule has 0 fully saturated rings. The number of hydrogen-bond donors (Lipinski definition) is 2. The van der Waals surface area contributed by atoms with Gasteiger partial charge in [0.05, 0.1) is 0 Å². The van der Waals surface area contributed by atoms with Crippen LogP contribution in [0.3, 0.4) is 0 Å². The molecular formula is C23H22N8O2. The van der Waals surface area contributed by atoms with Crippen molar-refractivity contribution in [3.63, 3.8) is 0 Å². The number of aryl methyl sites for hydroxylation is 1. The van der Waals surface area contributed by atoms with Crippen molar-refractivity contribution in [1.29, 1.82) is 0 Å². The molecule has 10 heteroatoms. The number of hydrogen-bond acceptors (Lipinski definition) is 6. The summed E-state index contributed by atoms with van der Waals surface area (Å²) >= 11 is 0. The maximum absolute atomic E-state index is 12.6. The van der Waals surface area contributed by atoms with Crippen LogP contribution >= 0.6 is 0 Å². The number of rotatable bonds is 5. The minimum absolute atomic E-state index is 0.0774. The summed E-state index contributed by atoms with van der Waals surface area (Å²) in [5, 5.41) is 14.2. The molecule has 5 aromatic rings. The second kappa shape index (κ2) is 7.97. The molecule has 0 aliphatic carbocycles. The van der Waals surface area contributed by atoms with Gasteiger partial charge in [0.25, 0.3) is 5.56 Å². The van der Waals surface area contributed by atoms with Crippen molar-refractivity contribution < 1.29 is 0 Å². The standard InChI is InChI=1S/C23H22N8O2/c1-13(2)20-24-21-18(22(32)25-23(33)30(21)3)31(20)12-14-8-10-15(11-9-14)16-6-4-5-7-17(16)19-26-28-29-27-19/h4-11,13H,12H2,1-3H3,(H,25,32,33)(H,26,27,28,29). The van der Waals surface area contributed by atoms with Crippen LogP contribution in [-0.2, 0) is 13.6 Å². The molecule has 0 spiro atoms. The Morgan fingerprint density at radius 3 is 2.39 bits per heavy atom. The summed E-state index contributed by atoms with van der Waals surface area (Å²) in [6.45, 7) is 4.49. The maximum atomic E-state index is 12.6. The second-order valence-corrected chi connectivity index (χ2v) is 8.19. The highest BCUT2D eigenvalue weighted by atomic mass is 16.2. The lowest BCUT2D eigenvalue weighted by Gasteiger charge is -2.12. The van der Waals surface area contributed by atoms with Crippen molar-refractivity contribution in [2.75, 3.05) is 0 Å². The van der Waals surface area contributed by atoms with E-state index in [1.807, 2.05) is 66.9 Å². The molecule has 0 radical (unpaired) electrons. The van der Waals surface area contributed by atoms with Crippen molar-refractivity contribution in [3.05, 3.63) is 80.8 Å². The van der Waals surface area contributed by atoms with Gasteiger partial charge in [0.2, 0.25) is 0 Å². The SMILES string of the molecule is CC(C)c1nc2c(c(=O)[nH]c(=O)n2C)n1Cc1ccc(-c2ccccc2-c2nnn[nH]2)cc1. The number of H-pyrrole nitrogens is 2. The molecule has 3 aromatic heterocycles. The Morgan fingerprint density at radius 2 is 1.73 bits per heavy atom. The average molecular weight is 442 g/mol. The van der Waals surface area contributed by atoms with E-state index < -0.39 is 11.2 Å². The van der Waals surface area contributed by atoms with Crippen molar-refractivity contribution in [1.82, 2.24) is 39.7 Å². The van der Waals surface area contributed by atoms with Gasteiger partial charge in [-0.3, -0.25) is 14.3 Å². The van der Waals surface area contributed by atoms with Gasteiger partial charge in [-0.05, 0) is 27.1 Å². The predicted molar refractivity (Wildman–Crippen MR) is 124 cm³/mol. The number of tetrazole rings is 1. The summed E-state index contributed by atoms with van der Waals surface area (Å²) in [6.07, 6.45) is 0. The van der Waals surface area contributed by atoms with Crippen LogP contribution in [-0.4, -0.2) is 39.7 Å². The van der Waals surface area contributed by atoms with E-state index in [-0.39, 0.29) is 5.92 Å². The highest BCUT2D eigenvalue weighted by molar-refractivity contribution is 5.80. The lowest BCUT2D eigenvalue weighted by Crippen LogP contribution is -2.29. The minimum atomic E-state index is -0.475. The van der Waals surface area contributed by atoms with E-state index >= 15 is 0 Å². The third-order valence-electron chi connectivity index (χ3n) is 5.69. The van der Waals surface area contributed by atoms with Crippen molar-refractivity contribution >= 4 is 11.2 Å². The van der Waals surface area contributed by atoms with Gasteiger partial charge in [-0.15, -0.1) is 5.10 Å².